The van der Waals surface area contributed by atoms with E-state index in [1.54, 1.807) is 17.2 Å². The van der Waals surface area contributed by atoms with Gasteiger partial charge in [-0.3, -0.25) is 4.79 Å². The maximum absolute atomic E-state index is 12.2. The lowest BCUT2D eigenvalue weighted by Crippen LogP contribution is -2.48. The van der Waals surface area contributed by atoms with Gasteiger partial charge in [0.25, 0.3) is 10.0 Å². The lowest BCUT2D eigenvalue weighted by Gasteiger charge is -2.29. The van der Waals surface area contributed by atoms with E-state index in [9.17, 15) is 13.2 Å². The van der Waals surface area contributed by atoms with Crippen LogP contribution in [0.3, 0.4) is 0 Å². The van der Waals surface area contributed by atoms with E-state index >= 15 is 0 Å². The lowest BCUT2D eigenvalue weighted by molar-refractivity contribution is -0.133. The summed E-state index contributed by atoms with van der Waals surface area (Å²) in [5.74, 6) is -0.169. The van der Waals surface area contributed by atoms with Crippen molar-refractivity contribution in [2.45, 2.75) is 36.4 Å². The fourth-order valence-corrected chi connectivity index (χ4v) is 4.49. The molecule has 1 aromatic heterocycles. The van der Waals surface area contributed by atoms with E-state index in [4.69, 9.17) is 5.73 Å². The number of carbonyl (C=O) groups excluding carboxylic acids is 1. The summed E-state index contributed by atoms with van der Waals surface area (Å²) in [7, 11) is -3.68. The van der Waals surface area contributed by atoms with Crippen molar-refractivity contribution in [3.8, 4) is 0 Å². The van der Waals surface area contributed by atoms with Gasteiger partial charge in [-0.2, -0.15) is 4.72 Å². The maximum atomic E-state index is 12.2. The number of hydrogen-bond acceptors (Lipinski definition) is 5. The first kappa shape index (κ1) is 15.3. The Morgan fingerprint density at radius 2 is 2.05 bits per heavy atom. The number of thiophene rings is 1. The molecule has 8 heteroatoms. The summed E-state index contributed by atoms with van der Waals surface area (Å²) in [6, 6.07) is 0.631. The molecule has 1 aromatic rings. The fraction of sp³-hybridized carbons (Fsp3) is 0.583. The van der Waals surface area contributed by atoms with Crippen molar-refractivity contribution in [1.29, 1.82) is 0 Å². The van der Waals surface area contributed by atoms with Gasteiger partial charge in [0.1, 0.15) is 4.21 Å². The molecule has 0 aromatic carbocycles. The van der Waals surface area contributed by atoms with Crippen molar-refractivity contribution in [1.82, 2.24) is 9.62 Å². The van der Waals surface area contributed by atoms with Crippen LogP contribution >= 0.6 is 11.3 Å². The van der Waals surface area contributed by atoms with Crippen LogP contribution in [-0.4, -0.2) is 38.4 Å². The topological polar surface area (TPSA) is 92.5 Å². The predicted octanol–water partition coefficient (Wildman–Crippen LogP) is 1.01. The molecule has 1 aliphatic heterocycles. The second kappa shape index (κ2) is 6.11. The molecule has 0 saturated carbocycles. The second-order valence-corrected chi connectivity index (χ2v) is 7.78. The Balaban J connectivity index is 2.03. The number of sulfonamides is 1. The highest BCUT2D eigenvalue weighted by Gasteiger charge is 2.27. The van der Waals surface area contributed by atoms with Crippen LogP contribution in [0.25, 0.3) is 0 Å². The summed E-state index contributed by atoms with van der Waals surface area (Å²) >= 11 is 1.05. The van der Waals surface area contributed by atoms with Crippen LogP contribution in [0.1, 0.15) is 26.2 Å². The van der Waals surface area contributed by atoms with Gasteiger partial charge in [0.2, 0.25) is 5.91 Å². The molecule has 1 fully saturated rings. The monoisotopic (exact) mass is 317 g/mol. The Morgan fingerprint density at radius 1 is 1.40 bits per heavy atom. The first-order chi connectivity index (χ1) is 9.40. The molecule has 2 rings (SSSR count). The van der Waals surface area contributed by atoms with E-state index in [1.165, 1.54) is 6.07 Å². The molecule has 0 spiro atoms. The van der Waals surface area contributed by atoms with Gasteiger partial charge in [-0.15, -0.1) is 11.3 Å². The number of nitrogens with two attached hydrogens (primary N) is 1. The van der Waals surface area contributed by atoms with Crippen molar-refractivity contribution in [3.63, 3.8) is 0 Å². The number of anilines is 1. The van der Waals surface area contributed by atoms with E-state index in [-0.39, 0.29) is 10.1 Å². The third-order valence-corrected chi connectivity index (χ3v) is 6.23. The highest BCUT2D eigenvalue weighted by molar-refractivity contribution is 7.91. The average Bonchev–Trinajstić information content (AvgIpc) is 2.86. The highest BCUT2D eigenvalue weighted by Crippen LogP contribution is 2.21. The van der Waals surface area contributed by atoms with Crippen molar-refractivity contribution < 1.29 is 13.2 Å². The number of piperidine rings is 1. The standard InChI is InChI=1S/C12H19N3O3S2/c1-9(12(16)15-5-3-2-4-6-15)14-20(17,18)11-7-10(13)8-19-11/h7-9,14H,2-6,13H2,1H3. The second-order valence-electron chi connectivity index (χ2n) is 4.93. The van der Waals surface area contributed by atoms with Gasteiger partial charge >= 0.3 is 0 Å². The zero-order chi connectivity index (χ0) is 14.8. The first-order valence-corrected chi connectivity index (χ1v) is 8.91. The predicted molar refractivity (Wildman–Crippen MR) is 78.9 cm³/mol. The molecule has 1 amide bonds. The third-order valence-electron chi connectivity index (χ3n) is 3.23. The summed E-state index contributed by atoms with van der Waals surface area (Å²) in [5.41, 5.74) is 5.93. The van der Waals surface area contributed by atoms with E-state index in [0.717, 1.165) is 30.6 Å². The molecule has 1 aliphatic rings. The average molecular weight is 317 g/mol. The molecule has 20 heavy (non-hydrogen) atoms. The highest BCUT2D eigenvalue weighted by atomic mass is 32.2. The number of likely N-dealkylation sites (tertiary alicyclic amines) is 1. The normalized spacial score (nSPS) is 17.9. The van der Waals surface area contributed by atoms with Gasteiger partial charge in [0.15, 0.2) is 0 Å². The summed E-state index contributed by atoms with van der Waals surface area (Å²) < 4.78 is 26.8. The molecule has 6 nitrogen and oxygen atoms in total. The van der Waals surface area contributed by atoms with Crippen LogP contribution in [-0.2, 0) is 14.8 Å². The number of nitrogens with zero attached hydrogens (tertiary/aromatic N) is 1. The molecule has 0 aliphatic carbocycles. The molecular weight excluding hydrogens is 298 g/mol. The first-order valence-electron chi connectivity index (χ1n) is 6.55. The van der Waals surface area contributed by atoms with Crippen LogP contribution in [0.5, 0.6) is 0 Å². The van der Waals surface area contributed by atoms with Gasteiger partial charge in [-0.1, -0.05) is 0 Å². The largest absolute Gasteiger partial charge is 0.398 e. The molecule has 1 atom stereocenters. The van der Waals surface area contributed by atoms with E-state index in [0.29, 0.717) is 18.8 Å². The quantitative estimate of drug-likeness (QED) is 0.867. The zero-order valence-corrected chi connectivity index (χ0v) is 13.0. The molecule has 112 valence electrons. The number of rotatable bonds is 4. The van der Waals surface area contributed by atoms with Crippen LogP contribution in [0.2, 0.25) is 0 Å². The van der Waals surface area contributed by atoms with Crippen LogP contribution in [0.4, 0.5) is 5.69 Å². The zero-order valence-electron chi connectivity index (χ0n) is 11.3. The van der Waals surface area contributed by atoms with Gasteiger partial charge < -0.3 is 10.6 Å². The Labute approximate surface area is 123 Å². The van der Waals surface area contributed by atoms with Crippen LogP contribution < -0.4 is 10.5 Å². The van der Waals surface area contributed by atoms with Gasteiger partial charge in [-0.25, -0.2) is 8.42 Å². The Morgan fingerprint density at radius 3 is 2.60 bits per heavy atom. The summed E-state index contributed by atoms with van der Waals surface area (Å²) in [6.07, 6.45) is 3.08. The van der Waals surface area contributed by atoms with E-state index in [1.807, 2.05) is 0 Å². The van der Waals surface area contributed by atoms with Gasteiger partial charge in [0.05, 0.1) is 6.04 Å². The molecule has 1 saturated heterocycles. The number of hydrogen-bond donors (Lipinski definition) is 2. The molecular formula is C12H19N3O3S2. The summed E-state index contributed by atoms with van der Waals surface area (Å²) in [4.78, 5) is 13.9. The van der Waals surface area contributed by atoms with Crippen molar-refractivity contribution in [2.24, 2.45) is 0 Å². The lowest BCUT2D eigenvalue weighted by atomic mass is 10.1. The number of carbonyl (C=O) groups is 1. The van der Waals surface area contributed by atoms with Gasteiger partial charge in [0, 0.05) is 24.2 Å². The van der Waals surface area contributed by atoms with Crippen LogP contribution in [0, 0.1) is 0 Å². The third kappa shape index (κ3) is 3.50. The minimum atomic E-state index is -3.68. The van der Waals surface area contributed by atoms with Crippen molar-refractivity contribution in [2.75, 3.05) is 18.8 Å². The van der Waals surface area contributed by atoms with Crippen LogP contribution in [0.15, 0.2) is 15.7 Å². The molecule has 0 radical (unpaired) electrons. The summed E-state index contributed by atoms with van der Waals surface area (Å²) in [5, 5.41) is 1.56. The molecule has 3 N–H and O–H groups in total. The van der Waals surface area contributed by atoms with E-state index < -0.39 is 16.1 Å². The van der Waals surface area contributed by atoms with E-state index in [2.05, 4.69) is 4.72 Å². The minimum absolute atomic E-state index is 0.133. The molecule has 1 unspecified atom stereocenters. The SMILES string of the molecule is CC(NS(=O)(=O)c1cc(N)cs1)C(=O)N1CCCCC1. The maximum Gasteiger partial charge on any atom is 0.250 e. The van der Waals surface area contributed by atoms with Crippen molar-refractivity contribution in [3.05, 3.63) is 11.4 Å². The molecule has 2 heterocycles. The Kier molecular flexibility index (Phi) is 4.66. The smallest absolute Gasteiger partial charge is 0.250 e. The Hall–Kier alpha value is -1.12. The fourth-order valence-electron chi connectivity index (χ4n) is 2.20. The van der Waals surface area contributed by atoms with Gasteiger partial charge in [-0.05, 0) is 32.3 Å². The number of nitrogens with one attached hydrogen (secondary N) is 1. The summed E-state index contributed by atoms with van der Waals surface area (Å²) in [6.45, 7) is 2.99. The number of amides is 1. The molecule has 0 bridgehead atoms. The van der Waals surface area contributed by atoms with Crippen molar-refractivity contribution >= 4 is 33.0 Å². The minimum Gasteiger partial charge on any atom is -0.398 e. The number of nitrogen functional groups attached to an aromatic ring is 1. The Bertz CT molecular complexity index is 577.